The quantitative estimate of drug-likeness (QED) is 0.434. The van der Waals surface area contributed by atoms with Crippen molar-refractivity contribution in [2.75, 3.05) is 20.0 Å². The molecule has 0 saturated carbocycles. The van der Waals surface area contributed by atoms with Gasteiger partial charge in [0.2, 0.25) is 18.1 Å². The monoisotopic (exact) mass is 446 g/mol. The van der Waals surface area contributed by atoms with Gasteiger partial charge >= 0.3 is 0 Å². The summed E-state index contributed by atoms with van der Waals surface area (Å²) in [4.78, 5) is 23.3. The van der Waals surface area contributed by atoms with Crippen LogP contribution in [0.5, 0.6) is 11.5 Å². The summed E-state index contributed by atoms with van der Waals surface area (Å²) >= 11 is 0. The van der Waals surface area contributed by atoms with Gasteiger partial charge in [-0.15, -0.1) is 0 Å². The first-order valence-electron chi connectivity index (χ1n) is 9.03. The lowest BCUT2D eigenvalue weighted by Crippen LogP contribution is -2.69. The van der Waals surface area contributed by atoms with Gasteiger partial charge in [0.25, 0.3) is 10.1 Å². The minimum atomic E-state index is -3.81. The van der Waals surface area contributed by atoms with Gasteiger partial charge in [-0.2, -0.15) is 8.42 Å². The summed E-state index contributed by atoms with van der Waals surface area (Å²) in [5, 5.41) is 15.9. The van der Waals surface area contributed by atoms with Crippen LogP contribution in [0.3, 0.4) is 0 Å². The van der Waals surface area contributed by atoms with Crippen LogP contribution in [-0.4, -0.2) is 75.9 Å². The van der Waals surface area contributed by atoms with Crippen molar-refractivity contribution in [1.29, 1.82) is 0 Å². The molecule has 168 valence electrons. The average molecular weight is 446 g/mol. The van der Waals surface area contributed by atoms with Gasteiger partial charge in [-0.3, -0.25) is 13.8 Å². The van der Waals surface area contributed by atoms with Crippen molar-refractivity contribution in [3.8, 4) is 11.5 Å². The number of nitrogens with one attached hydrogen (secondary N) is 2. The lowest BCUT2D eigenvalue weighted by molar-refractivity contribution is -0.213. The van der Waals surface area contributed by atoms with E-state index in [4.69, 9.17) is 18.4 Å². The molecule has 1 heterocycles. The zero-order valence-corrected chi connectivity index (χ0v) is 17.8. The Bertz CT molecular complexity index is 844. The van der Waals surface area contributed by atoms with Crippen LogP contribution in [-0.2, 0) is 28.6 Å². The van der Waals surface area contributed by atoms with Gasteiger partial charge in [0, 0.05) is 13.8 Å². The van der Waals surface area contributed by atoms with E-state index in [1.807, 2.05) is 0 Å². The predicted molar refractivity (Wildman–Crippen MR) is 104 cm³/mol. The van der Waals surface area contributed by atoms with E-state index in [9.17, 15) is 23.1 Å². The molecule has 1 aliphatic rings. The van der Waals surface area contributed by atoms with Gasteiger partial charge in [0.05, 0.1) is 26.0 Å². The summed E-state index contributed by atoms with van der Waals surface area (Å²) in [7, 11) is -2.30. The molecule has 11 nitrogen and oxygen atoms in total. The Kier molecular flexibility index (Phi) is 8.01. The van der Waals surface area contributed by atoms with Crippen molar-refractivity contribution < 1.29 is 41.5 Å². The standard InChI is InChI=1S/C18H26N2O9S/c1-10(21)19-15-14(9-27-30(4,24)25)29-18(16(17(15)23)20-11(2)22)28-13-7-5-12(26-3)6-8-13/h5-8,14-18,23H,9H2,1-4H3,(H,19,21)(H,20,22)/t14?,15-,16-,17?,18-/m1/s1. The second-order valence-corrected chi connectivity index (χ2v) is 8.41. The van der Waals surface area contributed by atoms with Crippen LogP contribution in [0.4, 0.5) is 0 Å². The highest BCUT2D eigenvalue weighted by Crippen LogP contribution is 2.26. The molecule has 1 fully saturated rings. The molecule has 5 atom stereocenters. The number of rotatable bonds is 8. The van der Waals surface area contributed by atoms with E-state index in [0.717, 1.165) is 6.26 Å². The Morgan fingerprint density at radius 3 is 2.10 bits per heavy atom. The number of amides is 2. The Labute approximate surface area is 174 Å². The van der Waals surface area contributed by atoms with E-state index in [2.05, 4.69) is 10.6 Å². The molecule has 0 spiro atoms. The highest BCUT2D eigenvalue weighted by atomic mass is 32.2. The van der Waals surface area contributed by atoms with Crippen molar-refractivity contribution in [3.63, 3.8) is 0 Å². The number of aliphatic hydroxyl groups is 1. The summed E-state index contributed by atoms with van der Waals surface area (Å²) in [5.74, 6) is 0.00103. The number of aliphatic hydroxyl groups excluding tert-OH is 1. The predicted octanol–water partition coefficient (Wildman–Crippen LogP) is -0.855. The van der Waals surface area contributed by atoms with Gasteiger partial charge < -0.3 is 30.0 Å². The first-order chi connectivity index (χ1) is 14.0. The van der Waals surface area contributed by atoms with E-state index in [1.54, 1.807) is 24.3 Å². The van der Waals surface area contributed by atoms with Gasteiger partial charge in [0.15, 0.2) is 0 Å². The van der Waals surface area contributed by atoms with E-state index in [-0.39, 0.29) is 0 Å². The van der Waals surface area contributed by atoms with Crippen molar-refractivity contribution >= 4 is 21.9 Å². The van der Waals surface area contributed by atoms with E-state index < -0.39 is 59.1 Å². The number of methoxy groups -OCH3 is 1. The van der Waals surface area contributed by atoms with Crippen LogP contribution >= 0.6 is 0 Å². The van der Waals surface area contributed by atoms with E-state index >= 15 is 0 Å². The van der Waals surface area contributed by atoms with Crippen molar-refractivity contribution in [3.05, 3.63) is 24.3 Å². The maximum atomic E-state index is 11.7. The SMILES string of the molecule is COc1ccc(O[C@@H]2OC(COS(C)(=O)=O)[C@@H](NC(C)=O)C(O)[C@H]2NC(C)=O)cc1. The molecule has 0 bridgehead atoms. The van der Waals surface area contributed by atoms with E-state index in [1.165, 1.54) is 21.0 Å². The van der Waals surface area contributed by atoms with Crippen LogP contribution in [0.15, 0.2) is 24.3 Å². The molecule has 0 radical (unpaired) electrons. The van der Waals surface area contributed by atoms with Crippen LogP contribution in [0.25, 0.3) is 0 Å². The highest BCUT2D eigenvalue weighted by molar-refractivity contribution is 7.85. The number of carbonyl (C=O) groups is 2. The maximum Gasteiger partial charge on any atom is 0.264 e. The summed E-state index contributed by atoms with van der Waals surface area (Å²) in [6.45, 7) is 2.01. The molecule has 1 aliphatic heterocycles. The molecule has 0 aliphatic carbocycles. The summed E-state index contributed by atoms with van der Waals surface area (Å²) in [6, 6.07) is 4.37. The minimum absolute atomic E-state index is 0.351. The first-order valence-corrected chi connectivity index (χ1v) is 10.8. The molecule has 2 unspecified atom stereocenters. The largest absolute Gasteiger partial charge is 0.497 e. The van der Waals surface area contributed by atoms with Crippen molar-refractivity contribution in [2.24, 2.45) is 0 Å². The Hall–Kier alpha value is -2.41. The van der Waals surface area contributed by atoms with Gasteiger partial charge in [-0.25, -0.2) is 0 Å². The summed E-state index contributed by atoms with van der Waals surface area (Å²) in [6.07, 6.45) is -2.77. The molecule has 2 rings (SSSR count). The van der Waals surface area contributed by atoms with Crippen LogP contribution in [0, 0.1) is 0 Å². The summed E-state index contributed by atoms with van der Waals surface area (Å²) in [5.41, 5.74) is 0. The lowest BCUT2D eigenvalue weighted by Gasteiger charge is -2.44. The van der Waals surface area contributed by atoms with Gasteiger partial charge in [-0.1, -0.05) is 0 Å². The fraction of sp³-hybridized carbons (Fsp3) is 0.556. The van der Waals surface area contributed by atoms with Gasteiger partial charge in [0.1, 0.15) is 29.7 Å². The molecular weight excluding hydrogens is 420 g/mol. The summed E-state index contributed by atoms with van der Waals surface area (Å²) < 4.78 is 44.3. The van der Waals surface area contributed by atoms with E-state index in [0.29, 0.717) is 11.5 Å². The Morgan fingerprint density at radius 2 is 1.60 bits per heavy atom. The third-order valence-corrected chi connectivity index (χ3v) is 4.80. The molecule has 30 heavy (non-hydrogen) atoms. The average Bonchev–Trinajstić information content (AvgIpc) is 2.65. The van der Waals surface area contributed by atoms with Crippen LogP contribution in [0.2, 0.25) is 0 Å². The molecule has 1 aromatic rings. The minimum Gasteiger partial charge on any atom is -0.497 e. The van der Waals surface area contributed by atoms with Crippen molar-refractivity contribution in [1.82, 2.24) is 10.6 Å². The Balaban J connectivity index is 2.30. The zero-order valence-electron chi connectivity index (χ0n) is 17.0. The number of hydrogen-bond acceptors (Lipinski definition) is 9. The highest BCUT2D eigenvalue weighted by Gasteiger charge is 2.47. The van der Waals surface area contributed by atoms with Crippen LogP contribution in [0.1, 0.15) is 13.8 Å². The number of benzene rings is 1. The molecule has 3 N–H and O–H groups in total. The maximum absolute atomic E-state index is 11.7. The topological polar surface area (TPSA) is 149 Å². The molecule has 0 aromatic heterocycles. The molecule has 1 aromatic carbocycles. The van der Waals surface area contributed by atoms with Gasteiger partial charge in [-0.05, 0) is 24.3 Å². The first kappa shape index (κ1) is 23.9. The Morgan fingerprint density at radius 1 is 1.07 bits per heavy atom. The fourth-order valence-corrected chi connectivity index (χ4v) is 3.35. The second kappa shape index (κ2) is 10.1. The smallest absolute Gasteiger partial charge is 0.264 e. The van der Waals surface area contributed by atoms with Crippen LogP contribution < -0.4 is 20.1 Å². The number of ether oxygens (including phenoxy) is 3. The molecular formula is C18H26N2O9S. The third kappa shape index (κ3) is 6.83. The third-order valence-electron chi connectivity index (χ3n) is 4.24. The molecule has 12 heteroatoms. The fourth-order valence-electron chi connectivity index (χ4n) is 2.97. The number of carbonyl (C=O) groups excluding carboxylic acids is 2. The number of hydrogen-bond donors (Lipinski definition) is 3. The normalized spacial score (nSPS) is 26.5. The zero-order chi connectivity index (χ0) is 22.5. The molecule has 2 amide bonds. The second-order valence-electron chi connectivity index (χ2n) is 6.77. The molecule has 1 saturated heterocycles. The lowest BCUT2D eigenvalue weighted by atomic mass is 9.94. The van der Waals surface area contributed by atoms with Crippen molar-refractivity contribution in [2.45, 2.75) is 44.4 Å².